The lowest BCUT2D eigenvalue weighted by molar-refractivity contribution is 0.475. The molecule has 3 N–H and O–H groups in total. The van der Waals surface area contributed by atoms with Crippen LogP contribution in [0.3, 0.4) is 0 Å². The Bertz CT molecular complexity index is 768. The minimum atomic E-state index is -3.71. The number of benzene rings is 2. The molecule has 0 aromatic heterocycles. The first kappa shape index (κ1) is 15.2. The molecule has 0 atom stereocenters. The first-order chi connectivity index (χ1) is 9.73. The molecule has 0 fully saturated rings. The number of anilines is 2. The molecule has 2 aromatic carbocycles. The summed E-state index contributed by atoms with van der Waals surface area (Å²) in [5.41, 5.74) is 8.10. The molecular formula is C15H18N2O3S. The number of rotatable bonds is 3. The van der Waals surface area contributed by atoms with Gasteiger partial charge in [0.05, 0.1) is 10.6 Å². The van der Waals surface area contributed by atoms with Crippen LogP contribution < -0.4 is 10.0 Å². The highest BCUT2D eigenvalue weighted by molar-refractivity contribution is 7.92. The maximum atomic E-state index is 12.8. The SMILES string of the molecule is Cc1cc(N)c(C)c(S(=O)(=O)N(C)c2ccc(O)cc2)c1. The van der Waals surface area contributed by atoms with Crippen LogP contribution >= 0.6 is 0 Å². The van der Waals surface area contributed by atoms with Crippen molar-refractivity contribution in [3.05, 3.63) is 47.5 Å². The standard InChI is InChI=1S/C15H18N2O3S/c1-10-8-14(16)11(2)15(9-10)21(19,20)17(3)12-4-6-13(18)7-5-12/h4-9,18H,16H2,1-3H3. The van der Waals surface area contributed by atoms with E-state index in [-0.39, 0.29) is 10.6 Å². The second-order valence-corrected chi connectivity index (χ2v) is 6.90. The molecule has 112 valence electrons. The molecule has 2 aromatic rings. The van der Waals surface area contributed by atoms with Crippen LogP contribution in [0, 0.1) is 13.8 Å². The summed E-state index contributed by atoms with van der Waals surface area (Å²) in [6, 6.07) is 9.33. The maximum Gasteiger partial charge on any atom is 0.264 e. The Labute approximate surface area is 124 Å². The average molecular weight is 306 g/mol. The van der Waals surface area contributed by atoms with Crippen molar-refractivity contribution in [2.45, 2.75) is 18.7 Å². The summed E-state index contributed by atoms with van der Waals surface area (Å²) in [7, 11) is -2.24. The number of hydrogen-bond acceptors (Lipinski definition) is 4. The highest BCUT2D eigenvalue weighted by atomic mass is 32.2. The topological polar surface area (TPSA) is 83.6 Å². The van der Waals surface area contributed by atoms with E-state index in [1.807, 2.05) is 0 Å². The summed E-state index contributed by atoms with van der Waals surface area (Å²) in [6.07, 6.45) is 0. The number of nitrogen functional groups attached to an aromatic ring is 1. The minimum Gasteiger partial charge on any atom is -0.508 e. The van der Waals surface area contributed by atoms with Gasteiger partial charge in [0.15, 0.2) is 0 Å². The molecular weight excluding hydrogens is 288 g/mol. The highest BCUT2D eigenvalue weighted by Crippen LogP contribution is 2.28. The van der Waals surface area contributed by atoms with Gasteiger partial charge in [-0.15, -0.1) is 0 Å². The smallest absolute Gasteiger partial charge is 0.264 e. The summed E-state index contributed by atoms with van der Waals surface area (Å²) >= 11 is 0. The molecule has 0 spiro atoms. The monoisotopic (exact) mass is 306 g/mol. The lowest BCUT2D eigenvalue weighted by Crippen LogP contribution is -2.27. The predicted molar refractivity (Wildman–Crippen MR) is 84.0 cm³/mol. The fourth-order valence-corrected chi connectivity index (χ4v) is 3.60. The van der Waals surface area contributed by atoms with Crippen LogP contribution in [-0.4, -0.2) is 20.6 Å². The van der Waals surface area contributed by atoms with Crippen molar-refractivity contribution in [3.8, 4) is 5.75 Å². The molecule has 5 nitrogen and oxygen atoms in total. The number of hydrogen-bond donors (Lipinski definition) is 2. The van der Waals surface area contributed by atoms with Gasteiger partial charge < -0.3 is 10.8 Å². The number of phenols is 1. The predicted octanol–water partition coefficient (Wildman–Crippen LogP) is 2.42. The molecule has 0 amide bonds. The van der Waals surface area contributed by atoms with Crippen molar-refractivity contribution < 1.29 is 13.5 Å². The molecule has 0 aliphatic heterocycles. The third-order valence-corrected chi connectivity index (χ3v) is 5.31. The molecule has 0 saturated carbocycles. The lowest BCUT2D eigenvalue weighted by Gasteiger charge is -2.21. The van der Waals surface area contributed by atoms with Gasteiger partial charge in [-0.1, -0.05) is 0 Å². The molecule has 0 aliphatic carbocycles. The van der Waals surface area contributed by atoms with Gasteiger partial charge in [0.25, 0.3) is 10.0 Å². The van der Waals surface area contributed by atoms with E-state index in [4.69, 9.17) is 5.73 Å². The summed E-state index contributed by atoms with van der Waals surface area (Å²) in [4.78, 5) is 0.190. The van der Waals surface area contributed by atoms with Gasteiger partial charge in [0.1, 0.15) is 5.75 Å². The molecule has 0 saturated heterocycles. The molecule has 0 bridgehead atoms. The normalized spacial score (nSPS) is 11.4. The van der Waals surface area contributed by atoms with Crippen LogP contribution in [0.1, 0.15) is 11.1 Å². The minimum absolute atomic E-state index is 0.0838. The zero-order valence-electron chi connectivity index (χ0n) is 12.2. The van der Waals surface area contributed by atoms with E-state index in [0.717, 1.165) is 5.56 Å². The zero-order chi connectivity index (χ0) is 15.8. The molecule has 0 aliphatic rings. The van der Waals surface area contributed by atoms with Crippen LogP contribution in [-0.2, 0) is 10.0 Å². The highest BCUT2D eigenvalue weighted by Gasteiger charge is 2.24. The Morgan fingerprint density at radius 1 is 1.10 bits per heavy atom. The first-order valence-electron chi connectivity index (χ1n) is 6.38. The fraction of sp³-hybridized carbons (Fsp3) is 0.200. The van der Waals surface area contributed by atoms with Crippen molar-refractivity contribution in [3.63, 3.8) is 0 Å². The van der Waals surface area contributed by atoms with Crippen LogP contribution in [0.4, 0.5) is 11.4 Å². The van der Waals surface area contributed by atoms with Crippen molar-refractivity contribution in [1.82, 2.24) is 0 Å². The van der Waals surface area contributed by atoms with Crippen LogP contribution in [0.25, 0.3) is 0 Å². The number of phenolic OH excluding ortho intramolecular Hbond substituents is 1. The van der Waals surface area contributed by atoms with Gasteiger partial charge in [-0.3, -0.25) is 4.31 Å². The van der Waals surface area contributed by atoms with Crippen molar-refractivity contribution in [2.75, 3.05) is 17.1 Å². The van der Waals surface area contributed by atoms with E-state index in [2.05, 4.69) is 0 Å². The Morgan fingerprint density at radius 2 is 1.67 bits per heavy atom. The lowest BCUT2D eigenvalue weighted by atomic mass is 10.1. The summed E-state index contributed by atoms with van der Waals surface area (Å²) in [5.74, 6) is 0.0838. The molecule has 2 rings (SSSR count). The van der Waals surface area contributed by atoms with E-state index >= 15 is 0 Å². The molecule has 21 heavy (non-hydrogen) atoms. The number of sulfonamides is 1. The Balaban J connectivity index is 2.54. The third kappa shape index (κ3) is 2.80. The van der Waals surface area contributed by atoms with E-state index in [1.54, 1.807) is 38.1 Å². The largest absolute Gasteiger partial charge is 0.508 e. The van der Waals surface area contributed by atoms with Crippen molar-refractivity contribution >= 4 is 21.4 Å². The van der Waals surface area contributed by atoms with Gasteiger partial charge >= 0.3 is 0 Å². The molecule has 6 heteroatoms. The first-order valence-corrected chi connectivity index (χ1v) is 7.82. The Morgan fingerprint density at radius 3 is 2.24 bits per heavy atom. The fourth-order valence-electron chi connectivity index (χ4n) is 2.07. The van der Waals surface area contributed by atoms with Gasteiger partial charge in [0, 0.05) is 12.7 Å². The number of aromatic hydroxyl groups is 1. The quantitative estimate of drug-likeness (QED) is 0.853. The molecule has 0 heterocycles. The van der Waals surface area contributed by atoms with Gasteiger partial charge in [-0.05, 0) is 61.4 Å². The second kappa shape index (κ2) is 5.29. The third-order valence-electron chi connectivity index (χ3n) is 3.40. The summed E-state index contributed by atoms with van der Waals surface area (Å²) in [6.45, 7) is 3.49. The van der Waals surface area contributed by atoms with E-state index in [9.17, 15) is 13.5 Å². The van der Waals surface area contributed by atoms with Crippen LogP contribution in [0.15, 0.2) is 41.3 Å². The van der Waals surface area contributed by atoms with Crippen LogP contribution in [0.5, 0.6) is 5.75 Å². The van der Waals surface area contributed by atoms with Gasteiger partial charge in [-0.2, -0.15) is 0 Å². The van der Waals surface area contributed by atoms with E-state index in [0.29, 0.717) is 16.9 Å². The van der Waals surface area contributed by atoms with Gasteiger partial charge in [0.2, 0.25) is 0 Å². The summed E-state index contributed by atoms with van der Waals surface area (Å²) in [5, 5.41) is 9.29. The number of nitrogens with zero attached hydrogens (tertiary/aromatic N) is 1. The number of nitrogens with two attached hydrogens (primary N) is 1. The zero-order valence-corrected chi connectivity index (χ0v) is 13.0. The van der Waals surface area contributed by atoms with Crippen LogP contribution in [0.2, 0.25) is 0 Å². The average Bonchev–Trinajstić information content (AvgIpc) is 2.42. The Hall–Kier alpha value is -2.21. The van der Waals surface area contributed by atoms with E-state index in [1.165, 1.54) is 23.5 Å². The second-order valence-electron chi connectivity index (χ2n) is 4.97. The molecule has 0 unspecified atom stereocenters. The number of aryl methyl sites for hydroxylation is 1. The van der Waals surface area contributed by atoms with Gasteiger partial charge in [-0.25, -0.2) is 8.42 Å². The Kier molecular flexibility index (Phi) is 3.82. The maximum absolute atomic E-state index is 12.8. The van der Waals surface area contributed by atoms with Crippen molar-refractivity contribution in [2.24, 2.45) is 0 Å². The van der Waals surface area contributed by atoms with Crippen molar-refractivity contribution in [1.29, 1.82) is 0 Å². The molecule has 0 radical (unpaired) electrons. The summed E-state index contributed by atoms with van der Waals surface area (Å²) < 4.78 is 26.7. The van der Waals surface area contributed by atoms with E-state index < -0.39 is 10.0 Å².